The van der Waals surface area contributed by atoms with Gasteiger partial charge in [-0.3, -0.25) is 4.79 Å². The zero-order chi connectivity index (χ0) is 27.2. The van der Waals surface area contributed by atoms with Crippen LogP contribution in [0.1, 0.15) is 92.7 Å². The molecule has 2 rings (SSSR count). The van der Waals surface area contributed by atoms with Crippen molar-refractivity contribution >= 4 is 11.4 Å². The lowest BCUT2D eigenvalue weighted by Crippen LogP contribution is -2.05. The Kier molecular flexibility index (Phi) is 20.8. The Hall–Kier alpha value is -3.11. The van der Waals surface area contributed by atoms with Gasteiger partial charge in [0.1, 0.15) is 0 Å². The molecule has 0 radical (unpaired) electrons. The van der Waals surface area contributed by atoms with Crippen LogP contribution in [0.15, 0.2) is 89.1 Å². The van der Waals surface area contributed by atoms with Gasteiger partial charge in [-0.1, -0.05) is 102 Å². The number of allylic oxidation sites excluding steroid dienone is 12. The van der Waals surface area contributed by atoms with Gasteiger partial charge in [-0.2, -0.15) is 0 Å². The normalized spacial score (nSPS) is 14.4. The molecule has 0 spiro atoms. The quantitative estimate of drug-likeness (QED) is 0.297. The van der Waals surface area contributed by atoms with Gasteiger partial charge in [0.05, 0.1) is 0 Å². The number of terminal acetylenes is 1. The smallest absolute Gasteiger partial charge is 0.178 e. The van der Waals surface area contributed by atoms with Crippen LogP contribution in [0, 0.1) is 19.3 Å². The van der Waals surface area contributed by atoms with E-state index in [4.69, 9.17) is 0 Å². The van der Waals surface area contributed by atoms with E-state index >= 15 is 0 Å². The standard InChI is InChI=1S/C26H30O.C3H8.C3H4.C2H6/c1-6-11-19(4)23(13-8-3)26(24-15-10-9-14-20(24)5)25-17-16-22(27)18-21(25)12-7-2;2*1-3-2;1-2/h6,8-11,13-18H,7,12H2,1-5H3;3H2,1-2H3;1H,2H3;1-2H3/b11-6-,13-8-,23-19+,26-25-;;;. The Morgan fingerprint density at radius 1 is 1.00 bits per heavy atom. The van der Waals surface area contributed by atoms with Crippen molar-refractivity contribution in [2.45, 2.75) is 88.5 Å². The van der Waals surface area contributed by atoms with Crippen LogP contribution in [-0.4, -0.2) is 5.78 Å². The monoisotopic (exact) mass is 472 g/mol. The molecule has 0 bridgehead atoms. The van der Waals surface area contributed by atoms with E-state index in [-0.39, 0.29) is 5.78 Å². The van der Waals surface area contributed by atoms with Gasteiger partial charge < -0.3 is 0 Å². The van der Waals surface area contributed by atoms with Crippen LogP contribution in [0.4, 0.5) is 0 Å². The Balaban J connectivity index is 0. The second-order valence-corrected chi connectivity index (χ2v) is 7.85. The Morgan fingerprint density at radius 2 is 1.54 bits per heavy atom. The first-order valence-corrected chi connectivity index (χ1v) is 12.9. The summed E-state index contributed by atoms with van der Waals surface area (Å²) in [5.41, 5.74) is 8.33. The van der Waals surface area contributed by atoms with Crippen LogP contribution < -0.4 is 0 Å². The number of hydrogen-bond acceptors (Lipinski definition) is 1. The van der Waals surface area contributed by atoms with E-state index in [2.05, 4.69) is 95.5 Å². The third-order valence-electron chi connectivity index (χ3n) is 4.72. The number of carbonyl (C=O) groups is 1. The topological polar surface area (TPSA) is 17.1 Å². The highest BCUT2D eigenvalue weighted by Gasteiger charge is 2.19. The van der Waals surface area contributed by atoms with Gasteiger partial charge in [-0.05, 0) is 92.2 Å². The zero-order valence-electron chi connectivity index (χ0n) is 24.0. The third kappa shape index (κ3) is 12.2. The minimum Gasteiger partial charge on any atom is -0.290 e. The summed E-state index contributed by atoms with van der Waals surface area (Å²) in [6.45, 7) is 20.4. The molecule has 1 aromatic carbocycles. The Bertz CT molecular complexity index is 982. The first-order valence-electron chi connectivity index (χ1n) is 12.9. The summed E-state index contributed by atoms with van der Waals surface area (Å²) in [7, 11) is 0. The molecule has 0 fully saturated rings. The van der Waals surface area contributed by atoms with Crippen LogP contribution in [-0.2, 0) is 4.79 Å². The highest BCUT2D eigenvalue weighted by molar-refractivity contribution is 6.04. The summed E-state index contributed by atoms with van der Waals surface area (Å²) < 4.78 is 0. The van der Waals surface area contributed by atoms with Gasteiger partial charge in [0.2, 0.25) is 0 Å². The van der Waals surface area contributed by atoms with E-state index in [1.165, 1.54) is 34.3 Å². The van der Waals surface area contributed by atoms with Gasteiger partial charge in [-0.25, -0.2) is 0 Å². The average Bonchev–Trinajstić information content (AvgIpc) is 2.83. The molecular weight excluding hydrogens is 424 g/mol. The van der Waals surface area contributed by atoms with E-state index < -0.39 is 0 Å². The number of hydrogen-bond donors (Lipinski definition) is 0. The maximum atomic E-state index is 12.0. The first-order chi connectivity index (χ1) is 16.9. The highest BCUT2D eigenvalue weighted by Crippen LogP contribution is 2.37. The molecule has 35 heavy (non-hydrogen) atoms. The summed E-state index contributed by atoms with van der Waals surface area (Å²) in [6, 6.07) is 8.48. The van der Waals surface area contributed by atoms with E-state index in [9.17, 15) is 4.79 Å². The molecule has 0 aromatic heterocycles. The number of rotatable bonds is 6. The maximum absolute atomic E-state index is 12.0. The summed E-state index contributed by atoms with van der Waals surface area (Å²) >= 11 is 0. The van der Waals surface area contributed by atoms with Crippen molar-refractivity contribution in [3.05, 3.63) is 100 Å². The SMILES string of the molecule is C#CC.CC.CCC.C\C=C/C(C)=C(\C=C/C)C(=C1\C=CC(=O)C=C1CCC)/c1ccccc1C. The largest absolute Gasteiger partial charge is 0.290 e. The van der Waals surface area contributed by atoms with Crippen LogP contribution in [0.5, 0.6) is 0 Å². The van der Waals surface area contributed by atoms with Crippen molar-refractivity contribution in [2.75, 3.05) is 0 Å². The zero-order valence-corrected chi connectivity index (χ0v) is 24.0. The fourth-order valence-corrected chi connectivity index (χ4v) is 3.50. The van der Waals surface area contributed by atoms with E-state index in [0.29, 0.717) is 0 Å². The predicted molar refractivity (Wildman–Crippen MR) is 159 cm³/mol. The summed E-state index contributed by atoms with van der Waals surface area (Å²) in [4.78, 5) is 12.0. The minimum absolute atomic E-state index is 0.0769. The van der Waals surface area contributed by atoms with Gasteiger partial charge in [0.25, 0.3) is 0 Å². The molecule has 0 aliphatic heterocycles. The molecule has 0 saturated heterocycles. The number of aryl methyl sites for hydroxylation is 1. The molecule has 1 aliphatic carbocycles. The molecular formula is C34H48O. The molecule has 1 nitrogen and oxygen atoms in total. The van der Waals surface area contributed by atoms with Crippen molar-refractivity contribution in [1.29, 1.82) is 0 Å². The van der Waals surface area contributed by atoms with Crippen LogP contribution >= 0.6 is 0 Å². The van der Waals surface area contributed by atoms with Gasteiger partial charge in [0, 0.05) is 0 Å². The van der Waals surface area contributed by atoms with Crippen molar-refractivity contribution in [3.63, 3.8) is 0 Å². The van der Waals surface area contributed by atoms with Gasteiger partial charge in [-0.15, -0.1) is 12.3 Å². The molecule has 0 unspecified atom stereocenters. The van der Waals surface area contributed by atoms with Gasteiger partial charge >= 0.3 is 0 Å². The van der Waals surface area contributed by atoms with Crippen LogP contribution in [0.3, 0.4) is 0 Å². The predicted octanol–water partition coefficient (Wildman–Crippen LogP) is 10.2. The summed E-state index contributed by atoms with van der Waals surface area (Å²) in [5, 5.41) is 0. The van der Waals surface area contributed by atoms with Crippen molar-refractivity contribution in [3.8, 4) is 12.3 Å². The second-order valence-electron chi connectivity index (χ2n) is 7.85. The summed E-state index contributed by atoms with van der Waals surface area (Å²) in [5.74, 6) is 2.33. The molecule has 0 heterocycles. The van der Waals surface area contributed by atoms with Crippen LogP contribution in [0.25, 0.3) is 5.57 Å². The van der Waals surface area contributed by atoms with Crippen molar-refractivity contribution in [2.24, 2.45) is 0 Å². The number of benzene rings is 1. The second kappa shape index (κ2) is 21.4. The summed E-state index contributed by atoms with van der Waals surface area (Å²) in [6.07, 6.45) is 21.7. The minimum atomic E-state index is 0.0769. The number of carbonyl (C=O) groups excluding carboxylic acids is 1. The molecule has 1 aromatic rings. The Morgan fingerprint density at radius 3 is 2.03 bits per heavy atom. The third-order valence-corrected chi connectivity index (χ3v) is 4.72. The highest BCUT2D eigenvalue weighted by atomic mass is 16.1. The molecule has 0 saturated carbocycles. The lowest BCUT2D eigenvalue weighted by atomic mass is 9.82. The molecule has 1 heteroatoms. The molecule has 1 aliphatic rings. The van der Waals surface area contributed by atoms with Gasteiger partial charge in [0.15, 0.2) is 5.78 Å². The van der Waals surface area contributed by atoms with E-state index in [1.54, 1.807) is 19.1 Å². The van der Waals surface area contributed by atoms with Crippen molar-refractivity contribution < 1.29 is 4.79 Å². The fraction of sp³-hybridized carbons (Fsp3) is 0.382. The number of ketones is 1. The molecule has 0 atom stereocenters. The lowest BCUT2D eigenvalue weighted by Gasteiger charge is -2.22. The molecule has 0 amide bonds. The van der Waals surface area contributed by atoms with Crippen LogP contribution in [0.2, 0.25) is 0 Å². The lowest BCUT2D eigenvalue weighted by molar-refractivity contribution is -0.110. The molecule has 190 valence electrons. The average molecular weight is 473 g/mol. The Labute approximate surface area is 217 Å². The van der Waals surface area contributed by atoms with Crippen molar-refractivity contribution in [1.82, 2.24) is 0 Å². The van der Waals surface area contributed by atoms with E-state index in [0.717, 1.165) is 24.0 Å². The molecule has 0 N–H and O–H groups in total. The van der Waals surface area contributed by atoms with E-state index in [1.807, 2.05) is 33.8 Å². The fourth-order valence-electron chi connectivity index (χ4n) is 3.50. The maximum Gasteiger partial charge on any atom is 0.178 e. The first kappa shape index (κ1) is 34.1.